The number of hydrogen-bond acceptors (Lipinski definition) is 2. The lowest BCUT2D eigenvalue weighted by Gasteiger charge is -2.07. The Bertz CT molecular complexity index is 461. The minimum Gasteiger partial charge on any atom is -0.354 e. The van der Waals surface area contributed by atoms with Crippen molar-refractivity contribution in [1.29, 1.82) is 0 Å². The second-order valence-corrected chi connectivity index (χ2v) is 5.93. The molecule has 2 amide bonds. The van der Waals surface area contributed by atoms with Crippen molar-refractivity contribution in [3.63, 3.8) is 0 Å². The minimum absolute atomic E-state index is 0. The van der Waals surface area contributed by atoms with E-state index in [2.05, 4.69) is 10.6 Å². The summed E-state index contributed by atoms with van der Waals surface area (Å²) in [6.45, 7) is 7.86. The zero-order chi connectivity index (χ0) is 15.8. The van der Waals surface area contributed by atoms with Gasteiger partial charge in [-0.05, 0) is 52.7 Å². The van der Waals surface area contributed by atoms with Crippen molar-refractivity contribution in [2.24, 2.45) is 5.92 Å². The molecule has 1 aromatic carbocycles. The average Bonchev–Trinajstić information content (AvgIpc) is 3.23. The van der Waals surface area contributed by atoms with Gasteiger partial charge in [-0.15, -0.1) is 0 Å². The van der Waals surface area contributed by atoms with Crippen LogP contribution in [0.25, 0.3) is 0 Å². The highest BCUT2D eigenvalue weighted by Crippen LogP contribution is 2.28. The van der Waals surface area contributed by atoms with Crippen molar-refractivity contribution in [3.8, 4) is 0 Å². The van der Waals surface area contributed by atoms with Gasteiger partial charge < -0.3 is 10.6 Å². The molecule has 4 nitrogen and oxygen atoms in total. The van der Waals surface area contributed by atoms with E-state index in [-0.39, 0.29) is 20.7 Å². The van der Waals surface area contributed by atoms with Crippen LogP contribution in [0.4, 0.5) is 0 Å². The molecule has 0 saturated heterocycles. The first-order valence-electron chi connectivity index (χ1n) is 7.56. The molecule has 4 heteroatoms. The summed E-state index contributed by atoms with van der Waals surface area (Å²) in [6, 6.07) is 9.71. The summed E-state index contributed by atoms with van der Waals surface area (Å²) in [5.41, 5.74) is 0.714. The van der Waals surface area contributed by atoms with Gasteiger partial charge in [0.25, 0.3) is 5.91 Å². The van der Waals surface area contributed by atoms with Crippen LogP contribution in [0.1, 0.15) is 53.7 Å². The Morgan fingerprint density at radius 2 is 1.52 bits per heavy atom. The Morgan fingerprint density at radius 1 is 1.00 bits per heavy atom. The predicted octanol–water partition coefficient (Wildman–Crippen LogP) is 3.24. The Kier molecular flexibility index (Phi) is 6.92. The van der Waals surface area contributed by atoms with Crippen LogP contribution in [0.5, 0.6) is 0 Å². The third-order valence-electron chi connectivity index (χ3n) is 2.83. The van der Waals surface area contributed by atoms with Gasteiger partial charge in [-0.25, -0.2) is 0 Å². The predicted molar refractivity (Wildman–Crippen MR) is 89.3 cm³/mol. The van der Waals surface area contributed by atoms with Gasteiger partial charge in [0.2, 0.25) is 5.91 Å². The van der Waals surface area contributed by atoms with E-state index in [9.17, 15) is 9.59 Å². The first-order valence-corrected chi connectivity index (χ1v) is 7.56. The van der Waals surface area contributed by atoms with Gasteiger partial charge >= 0.3 is 0 Å². The molecule has 21 heavy (non-hydrogen) atoms. The highest BCUT2D eigenvalue weighted by Gasteiger charge is 2.29. The Hall–Kier alpha value is -1.84. The molecule has 1 aromatic rings. The maximum absolute atomic E-state index is 11.3. The lowest BCUT2D eigenvalue weighted by Crippen LogP contribution is -2.31. The number of amides is 2. The monoisotopic (exact) mass is 294 g/mol. The summed E-state index contributed by atoms with van der Waals surface area (Å²) < 4.78 is 0. The van der Waals surface area contributed by atoms with E-state index in [0.717, 1.165) is 12.8 Å². The topological polar surface area (TPSA) is 58.2 Å². The molecule has 0 unspecified atom stereocenters. The van der Waals surface area contributed by atoms with Gasteiger partial charge in [-0.2, -0.15) is 0 Å². The van der Waals surface area contributed by atoms with E-state index >= 15 is 0 Å². The average molecular weight is 294 g/mol. The van der Waals surface area contributed by atoms with Crippen LogP contribution in [0.15, 0.2) is 30.3 Å². The molecule has 2 N–H and O–H groups in total. The van der Waals surface area contributed by atoms with Crippen molar-refractivity contribution in [1.82, 2.24) is 10.6 Å². The molecule has 120 valence electrons. The summed E-state index contributed by atoms with van der Waals surface area (Å²) in [6.07, 6.45) is 2.19. The fourth-order valence-corrected chi connectivity index (χ4v) is 1.68. The van der Waals surface area contributed by atoms with Crippen LogP contribution in [-0.2, 0) is 4.79 Å². The number of carbonyl (C=O) groups is 2. The number of carbonyl (C=O) groups excluding carboxylic acids is 2. The number of nitrogens with one attached hydrogen (secondary N) is 2. The van der Waals surface area contributed by atoms with E-state index < -0.39 is 0 Å². The zero-order valence-corrected chi connectivity index (χ0v) is 13.3. The molecule has 0 heterocycles. The Morgan fingerprint density at radius 3 is 1.95 bits per heavy atom. The number of rotatable bonds is 4. The van der Waals surface area contributed by atoms with Gasteiger partial charge in [-0.1, -0.05) is 18.2 Å². The van der Waals surface area contributed by atoms with E-state index in [0.29, 0.717) is 17.5 Å². The Labute approximate surface area is 130 Å². The van der Waals surface area contributed by atoms with E-state index in [1.54, 1.807) is 12.1 Å². The van der Waals surface area contributed by atoms with Crippen LogP contribution in [0.2, 0.25) is 0 Å². The standard InChI is InChI=1S/C10H13NO.C7H13NO.2H2/c1-8(2)11-10(12)9-6-4-3-5-7-9;1-5(2)8-7(9)6-3-4-6;;/h3-8H,1-2H3,(H,11,12);5-6H,3-4H2,1-2H3,(H,8,9);2*1H. The second-order valence-electron chi connectivity index (χ2n) is 5.93. The molecule has 0 spiro atoms. The second kappa shape index (κ2) is 8.45. The maximum Gasteiger partial charge on any atom is 0.251 e. The first-order chi connectivity index (χ1) is 9.90. The summed E-state index contributed by atoms with van der Waals surface area (Å²) in [7, 11) is 0. The molecular formula is C17H30N2O2. The summed E-state index contributed by atoms with van der Waals surface area (Å²) in [5.74, 6) is 0.586. The molecule has 1 fully saturated rings. The Balaban J connectivity index is 0. The summed E-state index contributed by atoms with van der Waals surface area (Å²) >= 11 is 0. The molecule has 1 aliphatic carbocycles. The quantitative estimate of drug-likeness (QED) is 0.895. The molecular weight excluding hydrogens is 264 g/mol. The normalized spacial score (nSPS) is 13.4. The van der Waals surface area contributed by atoms with Crippen LogP contribution in [0, 0.1) is 5.92 Å². The number of benzene rings is 1. The van der Waals surface area contributed by atoms with Crippen molar-refractivity contribution in [2.75, 3.05) is 0 Å². The van der Waals surface area contributed by atoms with Gasteiger partial charge in [0.15, 0.2) is 0 Å². The highest BCUT2D eigenvalue weighted by molar-refractivity contribution is 5.94. The van der Waals surface area contributed by atoms with Gasteiger partial charge in [-0.3, -0.25) is 9.59 Å². The van der Waals surface area contributed by atoms with E-state index in [4.69, 9.17) is 0 Å². The summed E-state index contributed by atoms with van der Waals surface area (Å²) in [4.78, 5) is 22.2. The van der Waals surface area contributed by atoms with Crippen molar-refractivity contribution in [2.45, 2.75) is 52.6 Å². The van der Waals surface area contributed by atoms with Crippen molar-refractivity contribution < 1.29 is 12.4 Å². The molecule has 0 aromatic heterocycles. The molecule has 0 radical (unpaired) electrons. The highest BCUT2D eigenvalue weighted by atomic mass is 16.2. The molecule has 0 bridgehead atoms. The number of hydrogen-bond donors (Lipinski definition) is 2. The van der Waals surface area contributed by atoms with Crippen LogP contribution in [0.3, 0.4) is 0 Å². The molecule has 0 atom stereocenters. The van der Waals surface area contributed by atoms with Crippen LogP contribution < -0.4 is 10.6 Å². The van der Waals surface area contributed by atoms with Crippen LogP contribution >= 0.6 is 0 Å². The van der Waals surface area contributed by atoms with Crippen molar-refractivity contribution in [3.05, 3.63) is 35.9 Å². The maximum atomic E-state index is 11.3. The third kappa shape index (κ3) is 7.49. The first kappa shape index (κ1) is 17.2. The molecule has 2 rings (SSSR count). The van der Waals surface area contributed by atoms with Crippen molar-refractivity contribution >= 4 is 11.8 Å². The zero-order valence-electron chi connectivity index (χ0n) is 13.3. The fourth-order valence-electron chi connectivity index (χ4n) is 1.68. The lowest BCUT2D eigenvalue weighted by molar-refractivity contribution is -0.122. The SMILES string of the molecule is CC(C)NC(=O)C1CC1.CC(C)NC(=O)c1ccccc1.[HH].[HH]. The van der Waals surface area contributed by atoms with Gasteiger partial charge in [0.05, 0.1) is 0 Å². The smallest absolute Gasteiger partial charge is 0.251 e. The van der Waals surface area contributed by atoms with Gasteiger partial charge in [0.1, 0.15) is 0 Å². The largest absolute Gasteiger partial charge is 0.354 e. The molecule has 1 aliphatic rings. The van der Waals surface area contributed by atoms with E-state index in [1.165, 1.54) is 0 Å². The molecule has 0 aliphatic heterocycles. The van der Waals surface area contributed by atoms with Crippen LogP contribution in [-0.4, -0.2) is 23.9 Å². The lowest BCUT2D eigenvalue weighted by atomic mass is 10.2. The fraction of sp³-hybridized carbons (Fsp3) is 0.529. The van der Waals surface area contributed by atoms with Gasteiger partial charge in [0, 0.05) is 26.4 Å². The third-order valence-corrected chi connectivity index (χ3v) is 2.83. The minimum atomic E-state index is -0.00870. The summed E-state index contributed by atoms with van der Waals surface area (Å²) in [5, 5.41) is 5.69. The van der Waals surface area contributed by atoms with E-state index in [1.807, 2.05) is 45.9 Å². The molecule has 1 saturated carbocycles.